The molecule has 2 saturated heterocycles. The van der Waals surface area contributed by atoms with Crippen molar-refractivity contribution in [2.45, 2.75) is 25.6 Å². The lowest BCUT2D eigenvalue weighted by Gasteiger charge is -2.38. The van der Waals surface area contributed by atoms with E-state index in [1.807, 2.05) is 31.2 Å². The zero-order valence-electron chi connectivity index (χ0n) is 20.0. The quantitative estimate of drug-likeness (QED) is 0.452. The molecule has 0 N–H and O–H groups in total. The molecule has 186 valence electrons. The zero-order valence-corrected chi connectivity index (χ0v) is 20.0. The van der Waals surface area contributed by atoms with E-state index in [-0.39, 0.29) is 11.8 Å². The molecule has 2 atom stereocenters. The van der Waals surface area contributed by atoms with Crippen LogP contribution in [0.5, 0.6) is 0 Å². The number of halogens is 3. The summed E-state index contributed by atoms with van der Waals surface area (Å²) in [5.41, 5.74) is 1.46. The van der Waals surface area contributed by atoms with Crippen LogP contribution < -0.4 is 4.90 Å². The number of benzene rings is 2. The number of likely N-dealkylation sites (tertiary alicyclic amines) is 1. The predicted octanol–water partition coefficient (Wildman–Crippen LogP) is 5.64. The molecular formula is C28H32F3N3O. The summed E-state index contributed by atoms with van der Waals surface area (Å²) in [5, 5.41) is 0. The van der Waals surface area contributed by atoms with Gasteiger partial charge < -0.3 is 9.32 Å². The maximum Gasteiger partial charge on any atom is 0.416 e. The van der Waals surface area contributed by atoms with E-state index >= 15 is 0 Å². The summed E-state index contributed by atoms with van der Waals surface area (Å²) in [7, 11) is 0. The van der Waals surface area contributed by atoms with Crippen LogP contribution in [0.4, 0.5) is 18.9 Å². The number of furan rings is 1. The standard InChI is InChI=1S/C28H32F3N3O/c1-21-10-11-26(35-21)19-33-18-23(27(20-33)22-6-5-7-24(16-22)28(29,30)31)17-32-12-14-34(15-13-32)25-8-3-2-4-9-25/h2-11,16,23,27H,12-15,17-20H2,1H3/t23-,27-/m1/s1. The van der Waals surface area contributed by atoms with Gasteiger partial charge in [-0.05, 0) is 48.7 Å². The molecule has 5 rings (SSSR count). The summed E-state index contributed by atoms with van der Waals surface area (Å²) in [4.78, 5) is 7.21. The molecule has 0 saturated carbocycles. The highest BCUT2D eigenvalue weighted by Crippen LogP contribution is 2.37. The van der Waals surface area contributed by atoms with E-state index in [0.717, 1.165) is 62.9 Å². The van der Waals surface area contributed by atoms with E-state index in [1.165, 1.54) is 17.8 Å². The molecule has 1 aromatic heterocycles. The van der Waals surface area contributed by atoms with Gasteiger partial charge in [0.05, 0.1) is 12.1 Å². The van der Waals surface area contributed by atoms with Crippen LogP contribution in [0.1, 0.15) is 28.6 Å². The number of rotatable bonds is 6. The van der Waals surface area contributed by atoms with Gasteiger partial charge in [-0.1, -0.05) is 36.4 Å². The summed E-state index contributed by atoms with van der Waals surface area (Å²) in [6.45, 7) is 8.90. The van der Waals surface area contributed by atoms with Crippen molar-refractivity contribution < 1.29 is 17.6 Å². The van der Waals surface area contributed by atoms with Crippen LogP contribution in [-0.2, 0) is 12.7 Å². The first-order valence-electron chi connectivity index (χ1n) is 12.3. The second-order valence-corrected chi connectivity index (χ2v) is 9.82. The molecule has 3 heterocycles. The average Bonchev–Trinajstić information content (AvgIpc) is 3.45. The average molecular weight is 484 g/mol. The molecule has 0 spiro atoms. The molecule has 0 amide bonds. The van der Waals surface area contributed by atoms with Crippen LogP contribution >= 0.6 is 0 Å². The maximum atomic E-state index is 13.4. The number of anilines is 1. The van der Waals surface area contributed by atoms with E-state index < -0.39 is 11.7 Å². The fourth-order valence-corrected chi connectivity index (χ4v) is 5.55. The molecule has 0 radical (unpaired) electrons. The van der Waals surface area contributed by atoms with Gasteiger partial charge in [-0.2, -0.15) is 13.2 Å². The molecule has 35 heavy (non-hydrogen) atoms. The first-order chi connectivity index (χ1) is 16.8. The van der Waals surface area contributed by atoms with Gasteiger partial charge in [-0.25, -0.2) is 0 Å². The highest BCUT2D eigenvalue weighted by atomic mass is 19.4. The number of hydrogen-bond donors (Lipinski definition) is 0. The van der Waals surface area contributed by atoms with Gasteiger partial charge in [0.1, 0.15) is 11.5 Å². The van der Waals surface area contributed by atoms with Crippen LogP contribution in [0.3, 0.4) is 0 Å². The minimum absolute atomic E-state index is 0.0560. The number of hydrogen-bond acceptors (Lipinski definition) is 4. The molecule has 4 nitrogen and oxygen atoms in total. The lowest BCUT2D eigenvalue weighted by atomic mass is 9.87. The molecule has 0 bridgehead atoms. The molecular weight excluding hydrogens is 451 g/mol. The third-order valence-corrected chi connectivity index (χ3v) is 7.32. The minimum Gasteiger partial charge on any atom is -0.465 e. The summed E-state index contributed by atoms with van der Waals surface area (Å²) in [5.74, 6) is 2.10. The van der Waals surface area contributed by atoms with Gasteiger partial charge in [0, 0.05) is 57.4 Å². The Balaban J connectivity index is 1.30. The fourth-order valence-electron chi connectivity index (χ4n) is 5.55. The summed E-state index contributed by atoms with van der Waals surface area (Å²) >= 11 is 0. The zero-order chi connectivity index (χ0) is 24.4. The van der Waals surface area contributed by atoms with Gasteiger partial charge >= 0.3 is 6.18 Å². The molecule has 2 aliphatic heterocycles. The second-order valence-electron chi connectivity index (χ2n) is 9.82. The van der Waals surface area contributed by atoms with E-state index in [2.05, 4.69) is 39.0 Å². The molecule has 2 aliphatic rings. The third kappa shape index (κ3) is 5.73. The smallest absolute Gasteiger partial charge is 0.416 e. The Kier molecular flexibility index (Phi) is 6.89. The summed E-state index contributed by atoms with van der Waals surface area (Å²) in [6, 6.07) is 20.3. The number of piperazine rings is 1. The highest BCUT2D eigenvalue weighted by Gasteiger charge is 2.37. The molecule has 2 aromatic carbocycles. The number of alkyl halides is 3. The molecule has 2 fully saturated rings. The van der Waals surface area contributed by atoms with Crippen LogP contribution in [-0.4, -0.2) is 55.6 Å². The van der Waals surface area contributed by atoms with Crippen LogP contribution in [0.2, 0.25) is 0 Å². The van der Waals surface area contributed by atoms with Crippen LogP contribution in [0.15, 0.2) is 71.1 Å². The Bertz CT molecular complexity index is 1110. The Morgan fingerprint density at radius 3 is 2.31 bits per heavy atom. The lowest BCUT2D eigenvalue weighted by molar-refractivity contribution is -0.137. The molecule has 7 heteroatoms. The molecule has 0 aliphatic carbocycles. The molecule has 3 aromatic rings. The lowest BCUT2D eigenvalue weighted by Crippen LogP contribution is -2.48. The van der Waals surface area contributed by atoms with Crippen LogP contribution in [0.25, 0.3) is 0 Å². The van der Waals surface area contributed by atoms with Crippen molar-refractivity contribution in [3.63, 3.8) is 0 Å². The first kappa shape index (κ1) is 23.9. The van der Waals surface area contributed by atoms with Crippen molar-refractivity contribution in [1.82, 2.24) is 9.80 Å². The Hall–Kier alpha value is -2.77. The fraction of sp³-hybridized carbons (Fsp3) is 0.429. The predicted molar refractivity (Wildman–Crippen MR) is 131 cm³/mol. The van der Waals surface area contributed by atoms with E-state index in [9.17, 15) is 13.2 Å². The SMILES string of the molecule is Cc1ccc(CN2C[C@@H](CN3CCN(c4ccccc4)CC3)[C@@H](c3cccc(C(F)(F)F)c3)C2)o1. The number of para-hydroxylation sites is 1. The Labute approximate surface area is 204 Å². The largest absolute Gasteiger partial charge is 0.465 e. The summed E-state index contributed by atoms with van der Waals surface area (Å²) < 4.78 is 46.1. The van der Waals surface area contributed by atoms with Gasteiger partial charge in [0.15, 0.2) is 0 Å². The highest BCUT2D eigenvalue weighted by molar-refractivity contribution is 5.46. The van der Waals surface area contributed by atoms with E-state index in [1.54, 1.807) is 6.07 Å². The van der Waals surface area contributed by atoms with Crippen molar-refractivity contribution in [2.75, 3.05) is 50.7 Å². The van der Waals surface area contributed by atoms with Crippen molar-refractivity contribution in [3.05, 3.63) is 89.4 Å². The minimum atomic E-state index is -4.33. The maximum absolute atomic E-state index is 13.4. The van der Waals surface area contributed by atoms with Gasteiger partial charge in [-0.3, -0.25) is 9.80 Å². The van der Waals surface area contributed by atoms with E-state index in [4.69, 9.17) is 4.42 Å². The normalized spacial score (nSPS) is 22.1. The van der Waals surface area contributed by atoms with Gasteiger partial charge in [0.25, 0.3) is 0 Å². The molecule has 0 unspecified atom stereocenters. The van der Waals surface area contributed by atoms with Crippen LogP contribution in [0, 0.1) is 12.8 Å². The van der Waals surface area contributed by atoms with Gasteiger partial charge in [-0.15, -0.1) is 0 Å². The van der Waals surface area contributed by atoms with E-state index in [0.29, 0.717) is 6.54 Å². The van der Waals surface area contributed by atoms with Crippen molar-refractivity contribution in [3.8, 4) is 0 Å². The number of nitrogens with zero attached hydrogens (tertiary/aromatic N) is 3. The number of aryl methyl sites for hydroxylation is 1. The monoisotopic (exact) mass is 483 g/mol. The second kappa shape index (κ2) is 10.1. The Morgan fingerprint density at radius 1 is 0.857 bits per heavy atom. The topological polar surface area (TPSA) is 22.9 Å². The third-order valence-electron chi connectivity index (χ3n) is 7.32. The van der Waals surface area contributed by atoms with Crippen molar-refractivity contribution in [1.29, 1.82) is 0 Å². The van der Waals surface area contributed by atoms with Crippen molar-refractivity contribution >= 4 is 5.69 Å². The van der Waals surface area contributed by atoms with Gasteiger partial charge in [0.2, 0.25) is 0 Å². The first-order valence-corrected chi connectivity index (χ1v) is 12.3. The summed E-state index contributed by atoms with van der Waals surface area (Å²) in [6.07, 6.45) is -4.33. The van der Waals surface area contributed by atoms with Crippen molar-refractivity contribution in [2.24, 2.45) is 5.92 Å². The Morgan fingerprint density at radius 2 is 1.63 bits per heavy atom.